The van der Waals surface area contributed by atoms with E-state index in [4.69, 9.17) is 14.6 Å². The van der Waals surface area contributed by atoms with Crippen molar-refractivity contribution < 1.29 is 36.2 Å². The summed E-state index contributed by atoms with van der Waals surface area (Å²) < 4.78 is 65.4. The number of benzene rings is 2. The number of ether oxygens (including phenoxy) is 1. The lowest BCUT2D eigenvalue weighted by Crippen LogP contribution is -2.48. The molecule has 2 heterocycles. The van der Waals surface area contributed by atoms with E-state index in [1.54, 1.807) is 11.4 Å². The molecule has 0 amide bonds. The second-order valence-corrected chi connectivity index (χ2v) is 11.6. The molecule has 36 heavy (non-hydrogen) atoms. The lowest BCUT2D eigenvalue weighted by Gasteiger charge is -2.39. The maximum atomic E-state index is 13.7. The fourth-order valence-corrected chi connectivity index (χ4v) is 7.27. The number of carbonyl (C=O) groups is 1. The van der Waals surface area contributed by atoms with Gasteiger partial charge in [-0.05, 0) is 60.9 Å². The summed E-state index contributed by atoms with van der Waals surface area (Å²) in [6, 6.07) is 16.1. The summed E-state index contributed by atoms with van der Waals surface area (Å²) in [4.78, 5) is 11.3. The number of halogens is 3. The topological polar surface area (TPSA) is 87.2 Å². The fourth-order valence-electron chi connectivity index (χ4n) is 4.88. The average Bonchev–Trinajstić information content (AvgIpc) is 3.65. The molecule has 0 unspecified atom stereocenters. The van der Waals surface area contributed by atoms with Crippen LogP contribution in [0.15, 0.2) is 48.5 Å². The summed E-state index contributed by atoms with van der Waals surface area (Å²) in [5.74, 6) is -1.37. The third kappa shape index (κ3) is 5.17. The van der Waals surface area contributed by atoms with Gasteiger partial charge < -0.3 is 9.84 Å². The highest BCUT2D eigenvalue weighted by molar-refractivity contribution is 7.94. The number of rotatable bonds is 5. The SMILES string of the molecule is COc1ccc(CN2CCC3(CC2)c2ccccc2N(CC2CC2)S3(=O)=O)cc1.O=C(O)C(F)(F)F. The molecule has 7 nitrogen and oxygen atoms in total. The van der Waals surface area contributed by atoms with Crippen molar-refractivity contribution in [3.63, 3.8) is 0 Å². The first-order valence-corrected chi connectivity index (χ1v) is 13.2. The minimum atomic E-state index is -5.08. The molecule has 3 aliphatic rings. The van der Waals surface area contributed by atoms with Crippen LogP contribution in [-0.2, 0) is 26.1 Å². The molecule has 2 fully saturated rings. The van der Waals surface area contributed by atoms with Gasteiger partial charge in [-0.25, -0.2) is 13.2 Å². The molecular weight excluding hydrogens is 497 g/mol. The number of fused-ring (bicyclic) bond motifs is 2. The maximum absolute atomic E-state index is 13.7. The quantitative estimate of drug-likeness (QED) is 0.622. The maximum Gasteiger partial charge on any atom is 0.490 e. The standard InChI is InChI=1S/C23H28N2O3S.C2HF3O2/c1-28-20-10-8-18(9-11-20)16-24-14-12-23(13-15-24)21-4-2-3-5-22(21)25(29(23,26)27)17-19-6-7-19;3-2(4,5)1(6)7/h2-5,8-11,19H,6-7,12-17H2,1H3;(H,6,7). The van der Waals surface area contributed by atoms with Crippen LogP contribution in [-0.4, -0.2) is 57.3 Å². The molecule has 196 valence electrons. The van der Waals surface area contributed by atoms with Gasteiger partial charge in [0.05, 0.1) is 12.8 Å². The third-order valence-corrected chi connectivity index (χ3v) is 9.58. The number of hydrogen-bond acceptors (Lipinski definition) is 5. The molecule has 2 aliphatic heterocycles. The Balaban J connectivity index is 0.000000384. The van der Waals surface area contributed by atoms with Crippen LogP contribution in [0.2, 0.25) is 0 Å². The molecule has 0 atom stereocenters. The van der Waals surface area contributed by atoms with Crippen molar-refractivity contribution in [2.24, 2.45) is 5.92 Å². The van der Waals surface area contributed by atoms with Crippen molar-refractivity contribution in [1.82, 2.24) is 4.90 Å². The number of alkyl halides is 3. The number of carboxylic acids is 1. The number of nitrogens with zero attached hydrogens (tertiary/aromatic N) is 2. The van der Waals surface area contributed by atoms with Crippen molar-refractivity contribution in [1.29, 1.82) is 0 Å². The van der Waals surface area contributed by atoms with Crippen LogP contribution in [0.1, 0.15) is 36.8 Å². The van der Waals surface area contributed by atoms with Crippen molar-refractivity contribution in [2.75, 3.05) is 31.0 Å². The van der Waals surface area contributed by atoms with E-state index in [2.05, 4.69) is 17.0 Å². The summed E-state index contributed by atoms with van der Waals surface area (Å²) in [5, 5.41) is 7.12. The van der Waals surface area contributed by atoms with Gasteiger partial charge in [0.1, 0.15) is 10.5 Å². The molecule has 2 aromatic carbocycles. The Bertz CT molecular complexity index is 1190. The molecule has 0 radical (unpaired) electrons. The minimum Gasteiger partial charge on any atom is -0.497 e. The zero-order valence-corrected chi connectivity index (χ0v) is 20.7. The van der Waals surface area contributed by atoms with E-state index < -0.39 is 26.9 Å². The van der Waals surface area contributed by atoms with Crippen molar-refractivity contribution in [2.45, 2.75) is 43.2 Å². The Hall–Kier alpha value is -2.79. The highest BCUT2D eigenvalue weighted by Crippen LogP contribution is 2.53. The Labute approximate surface area is 208 Å². The second kappa shape index (κ2) is 9.93. The molecule has 11 heteroatoms. The Morgan fingerprint density at radius 3 is 2.19 bits per heavy atom. The summed E-state index contributed by atoms with van der Waals surface area (Å²) in [6.45, 7) is 3.07. The summed E-state index contributed by atoms with van der Waals surface area (Å²) in [7, 11) is -1.71. The highest BCUT2D eigenvalue weighted by atomic mass is 32.2. The third-order valence-electron chi connectivity index (χ3n) is 7.04. The van der Waals surface area contributed by atoms with Crippen LogP contribution in [0.4, 0.5) is 18.9 Å². The van der Waals surface area contributed by atoms with Gasteiger partial charge in [-0.3, -0.25) is 9.21 Å². The number of hydrogen-bond donors (Lipinski definition) is 1. The van der Waals surface area contributed by atoms with Gasteiger partial charge in [-0.15, -0.1) is 0 Å². The van der Waals surface area contributed by atoms with Gasteiger partial charge in [0.15, 0.2) is 0 Å². The normalized spacial score (nSPS) is 20.4. The summed E-state index contributed by atoms with van der Waals surface area (Å²) >= 11 is 0. The molecule has 2 aromatic rings. The largest absolute Gasteiger partial charge is 0.497 e. The van der Waals surface area contributed by atoms with Crippen LogP contribution in [0.5, 0.6) is 5.75 Å². The van der Waals surface area contributed by atoms with E-state index in [1.165, 1.54) is 5.56 Å². The molecule has 1 spiro atoms. The van der Waals surface area contributed by atoms with Crippen LogP contribution in [0.25, 0.3) is 0 Å². The smallest absolute Gasteiger partial charge is 0.490 e. The molecular formula is C25H29F3N2O5S. The number of likely N-dealkylation sites (tertiary alicyclic amines) is 1. The predicted molar refractivity (Wildman–Crippen MR) is 128 cm³/mol. The molecule has 1 saturated heterocycles. The van der Waals surface area contributed by atoms with E-state index in [-0.39, 0.29) is 0 Å². The van der Waals surface area contributed by atoms with Crippen molar-refractivity contribution in [3.05, 3.63) is 59.7 Å². The van der Waals surface area contributed by atoms with Gasteiger partial charge in [-0.1, -0.05) is 30.3 Å². The highest BCUT2D eigenvalue weighted by Gasteiger charge is 2.57. The van der Waals surface area contributed by atoms with Gasteiger partial charge in [0.25, 0.3) is 0 Å². The Morgan fingerprint density at radius 2 is 1.67 bits per heavy atom. The van der Waals surface area contributed by atoms with Crippen molar-refractivity contribution in [3.8, 4) is 5.75 Å². The fraction of sp³-hybridized carbons (Fsp3) is 0.480. The van der Waals surface area contributed by atoms with Crippen molar-refractivity contribution >= 4 is 21.7 Å². The van der Waals surface area contributed by atoms with Crippen LogP contribution < -0.4 is 9.04 Å². The Kier molecular flexibility index (Phi) is 7.25. The van der Waals surface area contributed by atoms with E-state index in [0.717, 1.165) is 49.5 Å². The zero-order chi connectivity index (χ0) is 26.1. The number of carboxylic acid groups (broad SMARTS) is 1. The Morgan fingerprint density at radius 1 is 1.08 bits per heavy atom. The van der Waals surface area contributed by atoms with E-state index in [1.807, 2.05) is 36.4 Å². The van der Waals surface area contributed by atoms with Gasteiger partial charge >= 0.3 is 12.1 Å². The molecule has 5 rings (SSSR count). The average molecular weight is 527 g/mol. The number of sulfonamides is 1. The van der Waals surface area contributed by atoms with E-state index in [9.17, 15) is 21.6 Å². The summed E-state index contributed by atoms with van der Waals surface area (Å²) in [5.41, 5.74) is 3.17. The van der Waals surface area contributed by atoms with Crippen LogP contribution in [0, 0.1) is 5.92 Å². The molecule has 1 saturated carbocycles. The van der Waals surface area contributed by atoms with Crippen LogP contribution >= 0.6 is 0 Å². The van der Waals surface area contributed by atoms with Crippen LogP contribution in [0.3, 0.4) is 0 Å². The first-order valence-electron chi connectivity index (χ1n) is 11.7. The molecule has 1 N–H and O–H groups in total. The lowest BCUT2D eigenvalue weighted by atomic mass is 9.87. The predicted octanol–water partition coefficient (Wildman–Crippen LogP) is 4.38. The number of aliphatic carboxylic acids is 1. The number of para-hydroxylation sites is 1. The number of piperidine rings is 1. The number of anilines is 1. The van der Waals surface area contributed by atoms with E-state index >= 15 is 0 Å². The zero-order valence-electron chi connectivity index (χ0n) is 19.9. The minimum absolute atomic E-state index is 0.531. The first kappa shape index (κ1) is 26.3. The molecule has 0 aromatic heterocycles. The van der Waals surface area contributed by atoms with E-state index in [0.29, 0.717) is 25.3 Å². The van der Waals surface area contributed by atoms with Gasteiger partial charge in [0.2, 0.25) is 10.0 Å². The molecule has 0 bridgehead atoms. The monoisotopic (exact) mass is 526 g/mol. The lowest BCUT2D eigenvalue weighted by molar-refractivity contribution is -0.192. The number of methoxy groups -OCH3 is 1. The molecule has 1 aliphatic carbocycles. The van der Waals surface area contributed by atoms with Gasteiger partial charge in [0, 0.05) is 26.2 Å². The summed E-state index contributed by atoms with van der Waals surface area (Å²) in [6.07, 6.45) is -1.47. The van der Waals surface area contributed by atoms with Gasteiger partial charge in [-0.2, -0.15) is 13.2 Å². The second-order valence-electron chi connectivity index (χ2n) is 9.42. The first-order chi connectivity index (χ1) is 17.0.